The van der Waals surface area contributed by atoms with E-state index in [0.717, 1.165) is 37.0 Å². The molecule has 3 rings (SSSR count). The fourth-order valence-electron chi connectivity index (χ4n) is 3.48. The number of likely N-dealkylation sites (tertiary alicyclic amines) is 1. The minimum absolute atomic E-state index is 0.0453. The molecule has 2 heterocycles. The molecule has 120 valence electrons. The first-order valence-electron chi connectivity index (χ1n) is 8.31. The molecule has 1 N–H and O–H groups in total. The lowest BCUT2D eigenvalue weighted by molar-refractivity contribution is -0.119. The molecule has 2 aliphatic rings. The van der Waals surface area contributed by atoms with Crippen LogP contribution in [0.25, 0.3) is 0 Å². The van der Waals surface area contributed by atoms with Crippen LogP contribution in [0.1, 0.15) is 44.7 Å². The van der Waals surface area contributed by atoms with E-state index in [-0.39, 0.29) is 12.0 Å². The van der Waals surface area contributed by atoms with Crippen molar-refractivity contribution >= 4 is 5.91 Å². The molecule has 1 aromatic heterocycles. The summed E-state index contributed by atoms with van der Waals surface area (Å²) < 4.78 is 6.12. The minimum Gasteiger partial charge on any atom is -0.489 e. The molecule has 1 aliphatic carbocycles. The van der Waals surface area contributed by atoms with E-state index in [4.69, 9.17) is 4.74 Å². The number of rotatable bonds is 5. The number of hydrogen-bond acceptors (Lipinski definition) is 4. The summed E-state index contributed by atoms with van der Waals surface area (Å²) in [6, 6.07) is 4.60. The van der Waals surface area contributed by atoms with Crippen LogP contribution in [0.3, 0.4) is 0 Å². The molecular weight excluding hydrogens is 278 g/mol. The van der Waals surface area contributed by atoms with Crippen LogP contribution in [0.4, 0.5) is 0 Å². The third kappa shape index (κ3) is 3.97. The van der Waals surface area contributed by atoms with Crippen molar-refractivity contribution in [3.8, 4) is 5.75 Å². The second kappa shape index (κ2) is 7.09. The predicted octanol–water partition coefficient (Wildman–Crippen LogP) is 2.11. The Morgan fingerprint density at radius 2 is 2.23 bits per heavy atom. The summed E-state index contributed by atoms with van der Waals surface area (Å²) in [5.41, 5.74) is 0.832. The van der Waals surface area contributed by atoms with Gasteiger partial charge in [-0.15, -0.1) is 0 Å². The van der Waals surface area contributed by atoms with Gasteiger partial charge < -0.3 is 10.1 Å². The van der Waals surface area contributed by atoms with E-state index < -0.39 is 0 Å². The largest absolute Gasteiger partial charge is 0.489 e. The van der Waals surface area contributed by atoms with Gasteiger partial charge in [-0.2, -0.15) is 0 Å². The highest BCUT2D eigenvalue weighted by Gasteiger charge is 2.30. The molecule has 1 atom stereocenters. The normalized spacial score (nSPS) is 22.9. The highest BCUT2D eigenvalue weighted by atomic mass is 16.5. The molecule has 0 radical (unpaired) electrons. The predicted molar refractivity (Wildman–Crippen MR) is 84.6 cm³/mol. The zero-order chi connectivity index (χ0) is 15.4. The molecule has 5 heteroatoms. The third-order valence-corrected chi connectivity index (χ3v) is 4.63. The van der Waals surface area contributed by atoms with Crippen molar-refractivity contribution in [1.29, 1.82) is 0 Å². The second-order valence-electron chi connectivity index (χ2n) is 6.35. The third-order valence-electron chi connectivity index (χ3n) is 4.63. The van der Waals surface area contributed by atoms with Gasteiger partial charge >= 0.3 is 0 Å². The minimum atomic E-state index is -0.0453. The SMILES string of the molecule is CC(=O)NCc1cc(OC2CCN(C3CCCC3)C2)ccn1. The van der Waals surface area contributed by atoms with Crippen molar-refractivity contribution in [3.05, 3.63) is 24.0 Å². The monoisotopic (exact) mass is 303 g/mol. The molecule has 22 heavy (non-hydrogen) atoms. The number of aromatic nitrogens is 1. The molecule has 1 aromatic rings. The molecule has 0 bridgehead atoms. The molecule has 1 saturated heterocycles. The standard InChI is InChI=1S/C17H25N3O2/c1-13(21)19-11-14-10-16(6-8-18-14)22-17-7-9-20(12-17)15-4-2-3-5-15/h6,8,10,15,17H,2-5,7,9,11-12H2,1H3,(H,19,21). The van der Waals surface area contributed by atoms with E-state index in [1.807, 2.05) is 12.1 Å². The molecule has 2 fully saturated rings. The van der Waals surface area contributed by atoms with Crippen LogP contribution in [0.5, 0.6) is 5.75 Å². The van der Waals surface area contributed by atoms with Gasteiger partial charge in [0.15, 0.2) is 0 Å². The van der Waals surface area contributed by atoms with E-state index in [9.17, 15) is 4.79 Å². The first kappa shape index (κ1) is 15.3. The van der Waals surface area contributed by atoms with Crippen molar-refractivity contribution in [3.63, 3.8) is 0 Å². The van der Waals surface area contributed by atoms with Crippen LogP contribution in [0, 0.1) is 0 Å². The maximum atomic E-state index is 11.0. The lowest BCUT2D eigenvalue weighted by atomic mass is 10.2. The fourth-order valence-corrected chi connectivity index (χ4v) is 3.48. The summed E-state index contributed by atoms with van der Waals surface area (Å²) >= 11 is 0. The van der Waals surface area contributed by atoms with Gasteiger partial charge in [0.1, 0.15) is 11.9 Å². The molecule has 1 unspecified atom stereocenters. The van der Waals surface area contributed by atoms with Gasteiger partial charge in [-0.25, -0.2) is 0 Å². The highest BCUT2D eigenvalue weighted by molar-refractivity contribution is 5.72. The number of carbonyl (C=O) groups excluding carboxylic acids is 1. The number of pyridine rings is 1. The van der Waals surface area contributed by atoms with Crippen LogP contribution in [-0.2, 0) is 11.3 Å². The zero-order valence-electron chi connectivity index (χ0n) is 13.3. The Labute approximate surface area is 132 Å². The summed E-state index contributed by atoms with van der Waals surface area (Å²) in [5.74, 6) is 0.810. The van der Waals surface area contributed by atoms with Crippen LogP contribution in [0.15, 0.2) is 18.3 Å². The maximum absolute atomic E-state index is 11.0. The van der Waals surface area contributed by atoms with Gasteiger partial charge in [0.25, 0.3) is 0 Å². The Morgan fingerprint density at radius 1 is 1.41 bits per heavy atom. The molecular formula is C17H25N3O2. The summed E-state index contributed by atoms with van der Waals surface area (Å²) in [6.07, 6.45) is 8.58. The summed E-state index contributed by atoms with van der Waals surface area (Å²) in [4.78, 5) is 17.8. The number of nitrogens with one attached hydrogen (secondary N) is 1. The van der Waals surface area contributed by atoms with Crippen LogP contribution >= 0.6 is 0 Å². The lowest BCUT2D eigenvalue weighted by Crippen LogP contribution is -2.32. The molecule has 1 amide bonds. The molecule has 1 saturated carbocycles. The molecule has 0 spiro atoms. The average Bonchev–Trinajstić information content (AvgIpc) is 3.16. The smallest absolute Gasteiger partial charge is 0.217 e. The van der Waals surface area contributed by atoms with Crippen LogP contribution < -0.4 is 10.1 Å². The Kier molecular flexibility index (Phi) is 4.93. The maximum Gasteiger partial charge on any atom is 0.217 e. The van der Waals surface area contributed by atoms with E-state index in [1.165, 1.54) is 32.6 Å². The number of nitrogens with zero attached hydrogens (tertiary/aromatic N) is 2. The van der Waals surface area contributed by atoms with Crippen molar-refractivity contribution in [2.24, 2.45) is 0 Å². The van der Waals surface area contributed by atoms with Gasteiger partial charge in [0.05, 0.1) is 12.2 Å². The Morgan fingerprint density at radius 3 is 3.00 bits per heavy atom. The van der Waals surface area contributed by atoms with Crippen molar-refractivity contribution < 1.29 is 9.53 Å². The zero-order valence-corrected chi connectivity index (χ0v) is 13.3. The summed E-state index contributed by atoms with van der Waals surface area (Å²) in [7, 11) is 0. The van der Waals surface area contributed by atoms with Crippen molar-refractivity contribution in [1.82, 2.24) is 15.2 Å². The quantitative estimate of drug-likeness (QED) is 0.905. The van der Waals surface area contributed by atoms with Gasteiger partial charge in [0, 0.05) is 38.3 Å². The van der Waals surface area contributed by atoms with E-state index in [2.05, 4.69) is 15.2 Å². The summed E-state index contributed by atoms with van der Waals surface area (Å²) in [6.45, 7) is 4.15. The van der Waals surface area contributed by atoms with Gasteiger partial charge in [-0.1, -0.05) is 12.8 Å². The summed E-state index contributed by atoms with van der Waals surface area (Å²) in [5, 5.41) is 2.76. The molecule has 1 aliphatic heterocycles. The molecule has 5 nitrogen and oxygen atoms in total. The van der Waals surface area contributed by atoms with E-state index in [0.29, 0.717) is 6.54 Å². The Hall–Kier alpha value is -1.62. The topological polar surface area (TPSA) is 54.5 Å². The second-order valence-corrected chi connectivity index (χ2v) is 6.35. The number of ether oxygens (including phenoxy) is 1. The Balaban J connectivity index is 1.52. The first-order chi connectivity index (χ1) is 10.7. The van der Waals surface area contributed by atoms with E-state index >= 15 is 0 Å². The fraction of sp³-hybridized carbons (Fsp3) is 0.647. The molecule has 0 aromatic carbocycles. The van der Waals surface area contributed by atoms with Crippen LogP contribution in [0.2, 0.25) is 0 Å². The van der Waals surface area contributed by atoms with Gasteiger partial charge in [-0.05, 0) is 25.3 Å². The van der Waals surface area contributed by atoms with Gasteiger partial charge in [-0.3, -0.25) is 14.7 Å². The van der Waals surface area contributed by atoms with Crippen molar-refractivity contribution in [2.75, 3.05) is 13.1 Å². The van der Waals surface area contributed by atoms with Crippen molar-refractivity contribution in [2.45, 2.75) is 57.7 Å². The first-order valence-corrected chi connectivity index (χ1v) is 8.31. The number of carbonyl (C=O) groups is 1. The average molecular weight is 303 g/mol. The highest BCUT2D eigenvalue weighted by Crippen LogP contribution is 2.28. The van der Waals surface area contributed by atoms with Gasteiger partial charge in [0.2, 0.25) is 5.91 Å². The Bertz CT molecular complexity index is 514. The lowest BCUT2D eigenvalue weighted by Gasteiger charge is -2.23. The number of hydrogen-bond donors (Lipinski definition) is 1. The number of amides is 1. The van der Waals surface area contributed by atoms with Crippen LogP contribution in [-0.4, -0.2) is 41.0 Å². The van der Waals surface area contributed by atoms with E-state index in [1.54, 1.807) is 6.20 Å².